The van der Waals surface area contributed by atoms with Gasteiger partial charge in [0.1, 0.15) is 5.82 Å². The summed E-state index contributed by atoms with van der Waals surface area (Å²) < 4.78 is 0. The van der Waals surface area contributed by atoms with Gasteiger partial charge in [0, 0.05) is 25.8 Å². The predicted molar refractivity (Wildman–Crippen MR) is 83.0 cm³/mol. The molecule has 0 saturated carbocycles. The average Bonchev–Trinajstić information content (AvgIpc) is 2.40. The molecule has 1 aromatic rings. The molecule has 112 valence electrons. The molecule has 0 atom stereocenters. The number of nitrogens with one attached hydrogen (secondary N) is 1. The van der Waals surface area contributed by atoms with E-state index in [4.69, 9.17) is 0 Å². The van der Waals surface area contributed by atoms with Crippen molar-refractivity contribution >= 4 is 5.82 Å². The minimum Gasteiger partial charge on any atom is -0.390 e. The molecule has 0 unspecified atom stereocenters. The van der Waals surface area contributed by atoms with Crippen LogP contribution < -0.4 is 10.2 Å². The second-order valence-corrected chi connectivity index (χ2v) is 6.14. The van der Waals surface area contributed by atoms with Gasteiger partial charge in [0.2, 0.25) is 0 Å². The van der Waals surface area contributed by atoms with Gasteiger partial charge >= 0.3 is 0 Å². The smallest absolute Gasteiger partial charge is 0.131 e. The van der Waals surface area contributed by atoms with Crippen molar-refractivity contribution in [3.8, 4) is 0 Å². The van der Waals surface area contributed by atoms with Crippen molar-refractivity contribution in [2.24, 2.45) is 0 Å². The minimum absolute atomic E-state index is 0.506. The van der Waals surface area contributed by atoms with E-state index >= 15 is 0 Å². The van der Waals surface area contributed by atoms with Crippen LogP contribution in [0.1, 0.15) is 44.2 Å². The van der Waals surface area contributed by atoms with Crippen LogP contribution in [0.25, 0.3) is 0 Å². The molecule has 2 heterocycles. The summed E-state index contributed by atoms with van der Waals surface area (Å²) in [5, 5.41) is 13.4. The maximum atomic E-state index is 10.0. The number of aliphatic hydroxyl groups is 1. The van der Waals surface area contributed by atoms with E-state index in [1.165, 1.54) is 11.1 Å². The molecule has 1 saturated heterocycles. The Kier molecular flexibility index (Phi) is 5.00. The predicted octanol–water partition coefficient (Wildman–Crippen LogP) is 2.24. The Morgan fingerprint density at radius 1 is 1.40 bits per heavy atom. The van der Waals surface area contributed by atoms with Gasteiger partial charge in [-0.25, -0.2) is 4.98 Å². The third kappa shape index (κ3) is 3.93. The molecule has 20 heavy (non-hydrogen) atoms. The van der Waals surface area contributed by atoms with Crippen LogP contribution in [0.15, 0.2) is 12.3 Å². The Bertz CT molecular complexity index is 435. The topological polar surface area (TPSA) is 48.4 Å². The highest BCUT2D eigenvalue weighted by atomic mass is 16.3. The Morgan fingerprint density at radius 2 is 2.10 bits per heavy atom. The van der Waals surface area contributed by atoms with Gasteiger partial charge in [-0.1, -0.05) is 6.92 Å². The van der Waals surface area contributed by atoms with Crippen molar-refractivity contribution in [3.05, 3.63) is 23.4 Å². The first kappa shape index (κ1) is 15.3. The van der Waals surface area contributed by atoms with E-state index in [2.05, 4.69) is 35.1 Å². The van der Waals surface area contributed by atoms with Crippen LogP contribution in [0, 0.1) is 6.92 Å². The molecule has 4 heteroatoms. The summed E-state index contributed by atoms with van der Waals surface area (Å²) in [5.74, 6) is 1.07. The summed E-state index contributed by atoms with van der Waals surface area (Å²) in [6.07, 6.45) is 4.75. The fourth-order valence-electron chi connectivity index (χ4n) is 2.66. The summed E-state index contributed by atoms with van der Waals surface area (Å²) in [6.45, 7) is 9.91. The molecule has 4 nitrogen and oxygen atoms in total. The summed E-state index contributed by atoms with van der Waals surface area (Å²) in [6, 6.07) is 2.22. The summed E-state index contributed by atoms with van der Waals surface area (Å²) in [7, 11) is 0. The average molecular weight is 277 g/mol. The SMILES string of the molecule is CCCNCc1cnc(N2CCC(C)(O)CC2)c(C)c1. The van der Waals surface area contributed by atoms with Crippen molar-refractivity contribution in [2.45, 2.75) is 52.2 Å². The highest BCUT2D eigenvalue weighted by Crippen LogP contribution is 2.26. The molecule has 2 N–H and O–H groups in total. The van der Waals surface area contributed by atoms with Crippen LogP contribution >= 0.6 is 0 Å². The Hall–Kier alpha value is -1.13. The molecule has 2 rings (SSSR count). The second-order valence-electron chi connectivity index (χ2n) is 6.14. The summed E-state index contributed by atoms with van der Waals surface area (Å²) in [4.78, 5) is 6.92. The first-order chi connectivity index (χ1) is 9.52. The molecular weight excluding hydrogens is 250 g/mol. The molecule has 1 fully saturated rings. The standard InChI is InChI=1S/C16H27N3O/c1-4-7-17-11-14-10-13(2)15(18-12-14)19-8-5-16(3,20)6-9-19/h10,12,17,20H,4-9,11H2,1-3H3. The number of pyridine rings is 1. The molecule has 1 aliphatic heterocycles. The van der Waals surface area contributed by atoms with E-state index in [0.717, 1.165) is 51.3 Å². The van der Waals surface area contributed by atoms with Crippen molar-refractivity contribution in [1.82, 2.24) is 10.3 Å². The lowest BCUT2D eigenvalue weighted by atomic mass is 9.93. The number of hydrogen-bond donors (Lipinski definition) is 2. The zero-order valence-corrected chi connectivity index (χ0v) is 12.9. The van der Waals surface area contributed by atoms with E-state index < -0.39 is 5.60 Å². The first-order valence-electron chi connectivity index (χ1n) is 7.65. The van der Waals surface area contributed by atoms with Gasteiger partial charge in [0.15, 0.2) is 0 Å². The molecule has 0 bridgehead atoms. The van der Waals surface area contributed by atoms with Crippen LogP contribution in [-0.2, 0) is 6.54 Å². The van der Waals surface area contributed by atoms with Crippen LogP contribution in [0.3, 0.4) is 0 Å². The number of nitrogens with zero attached hydrogens (tertiary/aromatic N) is 2. The van der Waals surface area contributed by atoms with Gasteiger partial charge in [0.25, 0.3) is 0 Å². The highest BCUT2D eigenvalue weighted by molar-refractivity contribution is 5.47. The zero-order valence-electron chi connectivity index (χ0n) is 12.9. The van der Waals surface area contributed by atoms with Gasteiger partial charge < -0.3 is 15.3 Å². The highest BCUT2D eigenvalue weighted by Gasteiger charge is 2.28. The Morgan fingerprint density at radius 3 is 2.70 bits per heavy atom. The third-order valence-corrected chi connectivity index (χ3v) is 4.00. The van der Waals surface area contributed by atoms with Gasteiger partial charge in [-0.2, -0.15) is 0 Å². The van der Waals surface area contributed by atoms with E-state index in [9.17, 15) is 5.11 Å². The van der Waals surface area contributed by atoms with Gasteiger partial charge in [0.05, 0.1) is 5.60 Å². The van der Waals surface area contributed by atoms with E-state index in [0.29, 0.717) is 0 Å². The van der Waals surface area contributed by atoms with Gasteiger partial charge in [-0.15, -0.1) is 0 Å². The fraction of sp³-hybridized carbons (Fsp3) is 0.688. The zero-order chi connectivity index (χ0) is 14.6. The van der Waals surface area contributed by atoms with E-state index in [-0.39, 0.29) is 0 Å². The van der Waals surface area contributed by atoms with Crippen LogP contribution in [0.2, 0.25) is 0 Å². The van der Waals surface area contributed by atoms with Crippen molar-refractivity contribution in [1.29, 1.82) is 0 Å². The summed E-state index contributed by atoms with van der Waals surface area (Å²) in [5.41, 5.74) is 1.96. The number of aryl methyl sites for hydroxylation is 1. The maximum Gasteiger partial charge on any atom is 0.131 e. The minimum atomic E-state index is -0.506. The summed E-state index contributed by atoms with van der Waals surface area (Å²) >= 11 is 0. The van der Waals surface area contributed by atoms with E-state index in [1.807, 2.05) is 13.1 Å². The molecule has 0 amide bonds. The Balaban J connectivity index is 1.99. The van der Waals surface area contributed by atoms with Crippen LogP contribution in [0.4, 0.5) is 5.82 Å². The lowest BCUT2D eigenvalue weighted by Crippen LogP contribution is -2.43. The lowest BCUT2D eigenvalue weighted by Gasteiger charge is -2.37. The van der Waals surface area contributed by atoms with E-state index in [1.54, 1.807) is 0 Å². The third-order valence-electron chi connectivity index (χ3n) is 4.00. The first-order valence-corrected chi connectivity index (χ1v) is 7.65. The molecule has 1 aromatic heterocycles. The molecule has 0 radical (unpaired) electrons. The second kappa shape index (κ2) is 6.55. The molecule has 0 aliphatic carbocycles. The van der Waals surface area contributed by atoms with Crippen LogP contribution in [0.5, 0.6) is 0 Å². The molecule has 0 spiro atoms. The normalized spacial score (nSPS) is 18.3. The van der Waals surface area contributed by atoms with Crippen molar-refractivity contribution < 1.29 is 5.11 Å². The monoisotopic (exact) mass is 277 g/mol. The van der Waals surface area contributed by atoms with Crippen LogP contribution in [-0.4, -0.2) is 35.3 Å². The quantitative estimate of drug-likeness (QED) is 0.810. The number of piperidine rings is 1. The fourth-order valence-corrected chi connectivity index (χ4v) is 2.66. The number of anilines is 1. The van der Waals surface area contributed by atoms with Crippen molar-refractivity contribution in [3.63, 3.8) is 0 Å². The molecular formula is C16H27N3O. The van der Waals surface area contributed by atoms with Gasteiger partial charge in [-0.3, -0.25) is 0 Å². The molecule has 1 aliphatic rings. The van der Waals surface area contributed by atoms with Crippen molar-refractivity contribution in [2.75, 3.05) is 24.5 Å². The maximum absolute atomic E-state index is 10.0. The largest absolute Gasteiger partial charge is 0.390 e. The number of aromatic nitrogens is 1. The number of rotatable bonds is 5. The number of hydrogen-bond acceptors (Lipinski definition) is 4. The lowest BCUT2D eigenvalue weighted by molar-refractivity contribution is 0.0350. The van der Waals surface area contributed by atoms with Gasteiger partial charge in [-0.05, 0) is 56.8 Å². The Labute approximate surface area is 122 Å². The molecule has 0 aromatic carbocycles.